The molecule has 2 fully saturated rings. The van der Waals surface area contributed by atoms with Crippen molar-refractivity contribution in [2.24, 2.45) is 5.92 Å². The van der Waals surface area contributed by atoms with Gasteiger partial charge in [0.25, 0.3) is 5.91 Å². The number of ether oxygens (including phenoxy) is 2. The molecule has 5 rings (SSSR count). The van der Waals surface area contributed by atoms with Crippen molar-refractivity contribution in [1.82, 2.24) is 5.06 Å². The second kappa shape index (κ2) is 9.48. The first-order valence-corrected chi connectivity index (χ1v) is 11.4. The Balaban J connectivity index is 1.42. The summed E-state index contributed by atoms with van der Waals surface area (Å²) in [6, 6.07) is 20.1. The van der Waals surface area contributed by atoms with Gasteiger partial charge in [0, 0.05) is 7.05 Å². The van der Waals surface area contributed by atoms with E-state index < -0.39 is 29.8 Å². The fourth-order valence-electron chi connectivity index (χ4n) is 4.64. The highest BCUT2D eigenvalue weighted by molar-refractivity contribution is 6.23. The number of fused-ring (bicyclic) bond motifs is 1. The molecule has 3 aromatic rings. The van der Waals surface area contributed by atoms with Crippen molar-refractivity contribution in [3.05, 3.63) is 89.7 Å². The number of carbonyl (C=O) groups is 2. The maximum Gasteiger partial charge on any atom is 0.265 e. The van der Waals surface area contributed by atoms with E-state index >= 15 is 0 Å². The summed E-state index contributed by atoms with van der Waals surface area (Å²) >= 11 is 0. The maximum absolute atomic E-state index is 13.4. The van der Waals surface area contributed by atoms with E-state index in [0.717, 1.165) is 16.0 Å². The van der Waals surface area contributed by atoms with Crippen LogP contribution in [-0.4, -0.2) is 36.6 Å². The first-order chi connectivity index (χ1) is 17.0. The van der Waals surface area contributed by atoms with Crippen LogP contribution >= 0.6 is 0 Å². The van der Waals surface area contributed by atoms with Crippen molar-refractivity contribution in [2.75, 3.05) is 18.6 Å². The lowest BCUT2D eigenvalue weighted by molar-refractivity contribution is -0.160. The van der Waals surface area contributed by atoms with Crippen molar-refractivity contribution < 1.29 is 28.3 Å². The van der Waals surface area contributed by atoms with Gasteiger partial charge < -0.3 is 9.47 Å². The fraction of sp³-hybridized carbons (Fsp3) is 0.259. The van der Waals surface area contributed by atoms with Crippen LogP contribution in [0.1, 0.15) is 24.1 Å². The van der Waals surface area contributed by atoms with Gasteiger partial charge in [0.05, 0.1) is 24.3 Å². The zero-order valence-corrected chi connectivity index (χ0v) is 19.4. The summed E-state index contributed by atoms with van der Waals surface area (Å²) in [4.78, 5) is 33.4. The number of hydroxylamine groups is 2. The molecule has 7 nitrogen and oxygen atoms in total. The maximum atomic E-state index is 13.4. The summed E-state index contributed by atoms with van der Waals surface area (Å²) in [5.41, 5.74) is 2.11. The van der Waals surface area contributed by atoms with Crippen molar-refractivity contribution in [2.45, 2.75) is 25.7 Å². The first-order valence-electron chi connectivity index (χ1n) is 11.4. The minimum atomic E-state index is -0.952. The minimum absolute atomic E-state index is 0.320. The molecule has 2 heterocycles. The van der Waals surface area contributed by atoms with Gasteiger partial charge in [0.2, 0.25) is 5.91 Å². The third-order valence-electron chi connectivity index (χ3n) is 6.24. The molecular weight excluding hydrogens is 451 g/mol. The number of anilines is 1. The second-order valence-corrected chi connectivity index (χ2v) is 8.44. The number of rotatable bonds is 7. The summed E-state index contributed by atoms with van der Waals surface area (Å²) < 4.78 is 25.2. The van der Waals surface area contributed by atoms with E-state index in [1.54, 1.807) is 12.1 Å². The number of benzene rings is 3. The lowest BCUT2D eigenvalue weighted by Gasteiger charge is -2.25. The second-order valence-electron chi connectivity index (χ2n) is 8.44. The molecule has 2 amide bonds. The van der Waals surface area contributed by atoms with Crippen LogP contribution < -0.4 is 14.4 Å². The monoisotopic (exact) mass is 476 g/mol. The molecule has 3 atom stereocenters. The number of hydrogen-bond acceptors (Lipinski definition) is 6. The van der Waals surface area contributed by atoms with Crippen LogP contribution in [0.2, 0.25) is 0 Å². The summed E-state index contributed by atoms with van der Waals surface area (Å²) in [5.74, 6) is -0.913. The van der Waals surface area contributed by atoms with Gasteiger partial charge in [-0.15, -0.1) is 0 Å². The average molecular weight is 477 g/mol. The zero-order chi connectivity index (χ0) is 24.5. The smallest absolute Gasteiger partial charge is 0.265 e. The third kappa shape index (κ3) is 4.26. The Morgan fingerprint density at radius 3 is 2.37 bits per heavy atom. The van der Waals surface area contributed by atoms with Gasteiger partial charge in [-0.05, 0) is 54.4 Å². The lowest BCUT2D eigenvalue weighted by Crippen LogP contribution is -2.36. The van der Waals surface area contributed by atoms with E-state index in [2.05, 4.69) is 0 Å². The van der Waals surface area contributed by atoms with E-state index in [9.17, 15) is 14.0 Å². The molecule has 0 bridgehead atoms. The third-order valence-corrected chi connectivity index (χ3v) is 6.24. The highest BCUT2D eigenvalue weighted by Crippen LogP contribution is 2.46. The van der Waals surface area contributed by atoms with Crippen LogP contribution in [0.15, 0.2) is 72.8 Å². The Labute approximate surface area is 202 Å². The predicted octanol–water partition coefficient (Wildman–Crippen LogP) is 4.28. The Morgan fingerprint density at radius 1 is 0.914 bits per heavy atom. The fourth-order valence-corrected chi connectivity index (χ4v) is 4.64. The highest BCUT2D eigenvalue weighted by atomic mass is 19.1. The molecule has 0 radical (unpaired) electrons. The van der Waals surface area contributed by atoms with Gasteiger partial charge in [-0.2, -0.15) is 5.06 Å². The number of hydrogen-bond donors (Lipinski definition) is 0. The number of halogens is 1. The van der Waals surface area contributed by atoms with E-state index in [-0.39, 0.29) is 5.91 Å². The molecule has 0 aliphatic carbocycles. The first kappa shape index (κ1) is 23.0. The molecule has 180 valence electrons. The van der Waals surface area contributed by atoms with Crippen molar-refractivity contribution >= 4 is 17.5 Å². The Kier molecular flexibility index (Phi) is 6.23. The number of imide groups is 1. The predicted molar refractivity (Wildman–Crippen MR) is 126 cm³/mol. The van der Waals surface area contributed by atoms with Gasteiger partial charge in [0.1, 0.15) is 12.4 Å². The van der Waals surface area contributed by atoms with Crippen LogP contribution in [0.25, 0.3) is 0 Å². The molecule has 8 heteroatoms. The SMILES string of the molecule is CCOc1cc([C@@H]2[C@H]3C(=O)N(c4ccc(F)cc4)C(=O)[C@H]3ON2C)ccc1OCc1ccccc1. The molecule has 0 spiro atoms. The molecule has 2 aliphatic rings. The van der Waals surface area contributed by atoms with Gasteiger partial charge in [-0.1, -0.05) is 36.4 Å². The summed E-state index contributed by atoms with van der Waals surface area (Å²) in [6.07, 6.45) is -0.952. The van der Waals surface area contributed by atoms with Crippen LogP contribution in [0, 0.1) is 11.7 Å². The average Bonchev–Trinajstić information content (AvgIpc) is 3.33. The van der Waals surface area contributed by atoms with E-state index in [0.29, 0.717) is 30.4 Å². The van der Waals surface area contributed by atoms with Crippen LogP contribution in [0.3, 0.4) is 0 Å². The van der Waals surface area contributed by atoms with Gasteiger partial charge in [0.15, 0.2) is 17.6 Å². The molecule has 3 aromatic carbocycles. The normalized spacial score (nSPS) is 21.9. The molecule has 0 saturated carbocycles. The molecule has 2 aliphatic heterocycles. The molecule has 35 heavy (non-hydrogen) atoms. The van der Waals surface area contributed by atoms with E-state index in [4.69, 9.17) is 14.3 Å². The standard InChI is InChI=1S/C27H25FN2O5/c1-3-33-22-15-18(9-14-21(22)34-16-17-7-5-4-6-8-17)24-23-25(35-29(24)2)27(32)30(26(23)31)20-12-10-19(28)11-13-20/h4-15,23-25H,3,16H2,1-2H3/t23-,24-,25+/m1/s1. The van der Waals surface area contributed by atoms with Crippen molar-refractivity contribution in [3.63, 3.8) is 0 Å². The highest BCUT2D eigenvalue weighted by Gasteiger charge is 2.59. The quantitative estimate of drug-likeness (QED) is 0.474. The molecule has 0 unspecified atom stereocenters. The number of nitrogens with zero attached hydrogens (tertiary/aromatic N) is 2. The van der Waals surface area contributed by atoms with E-state index in [1.807, 2.05) is 55.5 Å². The summed E-state index contributed by atoms with van der Waals surface area (Å²) in [5, 5.41) is 1.54. The lowest BCUT2D eigenvalue weighted by atomic mass is 9.91. The number of amides is 2. The summed E-state index contributed by atoms with van der Waals surface area (Å²) in [6.45, 7) is 2.70. The largest absolute Gasteiger partial charge is 0.490 e. The Morgan fingerprint density at radius 2 is 1.66 bits per heavy atom. The van der Waals surface area contributed by atoms with Gasteiger partial charge >= 0.3 is 0 Å². The van der Waals surface area contributed by atoms with Gasteiger partial charge in [-0.3, -0.25) is 14.4 Å². The Hall–Kier alpha value is -3.75. The zero-order valence-electron chi connectivity index (χ0n) is 19.4. The molecule has 2 saturated heterocycles. The van der Waals surface area contributed by atoms with Crippen LogP contribution in [-0.2, 0) is 21.0 Å². The van der Waals surface area contributed by atoms with Crippen molar-refractivity contribution in [3.8, 4) is 11.5 Å². The minimum Gasteiger partial charge on any atom is -0.490 e. The summed E-state index contributed by atoms with van der Waals surface area (Å²) in [7, 11) is 1.70. The topological polar surface area (TPSA) is 68.3 Å². The molecule has 0 aromatic heterocycles. The van der Waals surface area contributed by atoms with Gasteiger partial charge in [-0.25, -0.2) is 9.29 Å². The van der Waals surface area contributed by atoms with E-state index in [1.165, 1.54) is 24.3 Å². The Bertz CT molecular complexity index is 1230. The number of carbonyl (C=O) groups excluding carboxylic acids is 2. The van der Waals surface area contributed by atoms with Crippen LogP contribution in [0.4, 0.5) is 10.1 Å². The van der Waals surface area contributed by atoms with Crippen LogP contribution in [0.5, 0.6) is 11.5 Å². The molecule has 0 N–H and O–H groups in total. The molecular formula is C27H25FN2O5. The van der Waals surface area contributed by atoms with Crippen molar-refractivity contribution in [1.29, 1.82) is 0 Å².